The molecule has 5 atom stereocenters. The highest BCUT2D eigenvalue weighted by Gasteiger charge is 2.37. The maximum atomic E-state index is 10.3. The predicted octanol–water partition coefficient (Wildman–Crippen LogP) is 2.77. The molecule has 3 heteroatoms. The van der Waals surface area contributed by atoms with Gasteiger partial charge in [-0.05, 0) is 51.1 Å². The number of nitrogens with two attached hydrogens (primary N) is 1. The summed E-state index contributed by atoms with van der Waals surface area (Å²) in [6, 6.07) is 0.950. The van der Waals surface area contributed by atoms with Gasteiger partial charge in [-0.1, -0.05) is 39.0 Å². The Hall–Kier alpha value is -0.120. The van der Waals surface area contributed by atoms with Crippen LogP contribution in [0.25, 0.3) is 0 Å². The molecule has 5 unspecified atom stereocenters. The normalized spacial score (nSPS) is 39.1. The van der Waals surface area contributed by atoms with Gasteiger partial charge in [-0.3, -0.25) is 4.90 Å². The van der Waals surface area contributed by atoms with Crippen LogP contribution in [0, 0.1) is 11.8 Å². The second kappa shape index (κ2) is 7.77. The zero-order valence-corrected chi connectivity index (χ0v) is 13.4. The molecule has 0 aromatic carbocycles. The van der Waals surface area contributed by atoms with Crippen molar-refractivity contribution in [3.63, 3.8) is 0 Å². The number of likely N-dealkylation sites (N-methyl/N-ethyl adjacent to an activating group) is 1. The summed E-state index contributed by atoms with van der Waals surface area (Å²) in [4.78, 5) is 2.50. The Morgan fingerprint density at radius 3 is 2.50 bits per heavy atom. The van der Waals surface area contributed by atoms with Crippen molar-refractivity contribution in [2.75, 3.05) is 13.6 Å². The molecule has 0 radical (unpaired) electrons. The lowest BCUT2D eigenvalue weighted by atomic mass is 9.75. The maximum Gasteiger partial charge on any atom is 0.0695 e. The van der Waals surface area contributed by atoms with Gasteiger partial charge in [-0.15, -0.1) is 0 Å². The van der Waals surface area contributed by atoms with Gasteiger partial charge in [0.1, 0.15) is 0 Å². The number of hydrogen-bond donors (Lipinski definition) is 2. The van der Waals surface area contributed by atoms with Crippen LogP contribution in [-0.2, 0) is 0 Å². The molecule has 2 fully saturated rings. The Labute approximate surface area is 124 Å². The zero-order chi connectivity index (χ0) is 14.5. The van der Waals surface area contributed by atoms with E-state index in [0.29, 0.717) is 18.0 Å². The van der Waals surface area contributed by atoms with Gasteiger partial charge < -0.3 is 10.8 Å². The minimum absolute atomic E-state index is 0.126. The minimum atomic E-state index is -0.126. The maximum absolute atomic E-state index is 10.3. The lowest BCUT2D eigenvalue weighted by Gasteiger charge is -2.46. The first-order valence-electron chi connectivity index (χ1n) is 8.77. The third-order valence-corrected chi connectivity index (χ3v) is 5.80. The zero-order valence-electron chi connectivity index (χ0n) is 13.4. The summed E-state index contributed by atoms with van der Waals surface area (Å²) < 4.78 is 0. The Morgan fingerprint density at radius 2 is 1.85 bits per heavy atom. The summed E-state index contributed by atoms with van der Waals surface area (Å²) in [6.45, 7) is 3.09. The van der Waals surface area contributed by atoms with Crippen LogP contribution in [0.2, 0.25) is 0 Å². The van der Waals surface area contributed by atoms with E-state index in [9.17, 15) is 5.11 Å². The van der Waals surface area contributed by atoms with Gasteiger partial charge in [0.15, 0.2) is 0 Å². The summed E-state index contributed by atoms with van der Waals surface area (Å²) >= 11 is 0. The molecule has 0 aromatic rings. The van der Waals surface area contributed by atoms with Crippen LogP contribution < -0.4 is 5.73 Å². The van der Waals surface area contributed by atoms with E-state index in [2.05, 4.69) is 18.9 Å². The second-order valence-corrected chi connectivity index (χ2v) is 7.12. The lowest BCUT2D eigenvalue weighted by Crippen LogP contribution is -2.53. The van der Waals surface area contributed by atoms with Crippen LogP contribution in [0.3, 0.4) is 0 Å². The van der Waals surface area contributed by atoms with Crippen LogP contribution in [0.5, 0.6) is 0 Å². The predicted molar refractivity (Wildman–Crippen MR) is 84.6 cm³/mol. The highest BCUT2D eigenvalue weighted by atomic mass is 16.3. The molecule has 2 saturated carbocycles. The van der Waals surface area contributed by atoms with Crippen molar-refractivity contribution >= 4 is 0 Å². The van der Waals surface area contributed by atoms with Crippen molar-refractivity contribution in [1.29, 1.82) is 0 Å². The minimum Gasteiger partial charge on any atom is -0.391 e. The number of aliphatic hydroxyl groups excluding tert-OH is 1. The molecule has 0 spiro atoms. The van der Waals surface area contributed by atoms with Gasteiger partial charge in [-0.2, -0.15) is 0 Å². The third-order valence-electron chi connectivity index (χ3n) is 5.80. The fourth-order valence-electron chi connectivity index (χ4n) is 4.55. The molecule has 0 heterocycles. The van der Waals surface area contributed by atoms with Crippen molar-refractivity contribution in [2.45, 2.75) is 82.9 Å². The van der Waals surface area contributed by atoms with E-state index in [1.807, 2.05) is 0 Å². The first-order valence-corrected chi connectivity index (χ1v) is 8.77. The van der Waals surface area contributed by atoms with Crippen LogP contribution in [0.15, 0.2) is 0 Å². The van der Waals surface area contributed by atoms with Gasteiger partial charge in [0.05, 0.1) is 6.10 Å². The second-order valence-electron chi connectivity index (χ2n) is 7.12. The summed E-state index contributed by atoms with van der Waals surface area (Å²) in [7, 11) is 2.24. The highest BCUT2D eigenvalue weighted by molar-refractivity contribution is 4.91. The van der Waals surface area contributed by atoms with Crippen molar-refractivity contribution in [1.82, 2.24) is 4.90 Å². The van der Waals surface area contributed by atoms with Crippen LogP contribution in [-0.4, -0.2) is 41.8 Å². The van der Waals surface area contributed by atoms with Gasteiger partial charge in [-0.25, -0.2) is 0 Å². The van der Waals surface area contributed by atoms with E-state index in [4.69, 9.17) is 5.73 Å². The molecule has 0 aromatic heterocycles. The molecule has 3 N–H and O–H groups in total. The average Bonchev–Trinajstić information content (AvgIpc) is 2.47. The summed E-state index contributed by atoms with van der Waals surface area (Å²) in [6.07, 6.45) is 11.0. The van der Waals surface area contributed by atoms with Gasteiger partial charge in [0, 0.05) is 12.1 Å². The molecule has 2 rings (SSSR count). The van der Waals surface area contributed by atoms with E-state index in [0.717, 1.165) is 25.3 Å². The fourth-order valence-corrected chi connectivity index (χ4v) is 4.55. The Kier molecular flexibility index (Phi) is 6.31. The first kappa shape index (κ1) is 16.3. The quantitative estimate of drug-likeness (QED) is 0.815. The van der Waals surface area contributed by atoms with Gasteiger partial charge in [0.2, 0.25) is 0 Å². The van der Waals surface area contributed by atoms with Crippen LogP contribution >= 0.6 is 0 Å². The fraction of sp³-hybridized carbons (Fsp3) is 1.00. The van der Waals surface area contributed by atoms with Crippen LogP contribution in [0.4, 0.5) is 0 Å². The van der Waals surface area contributed by atoms with E-state index in [-0.39, 0.29) is 6.10 Å². The highest BCUT2D eigenvalue weighted by Crippen LogP contribution is 2.36. The molecular formula is C17H34N2O. The molecule has 2 aliphatic rings. The molecule has 118 valence electrons. The van der Waals surface area contributed by atoms with Crippen molar-refractivity contribution in [3.05, 3.63) is 0 Å². The summed E-state index contributed by atoms with van der Waals surface area (Å²) in [5.41, 5.74) is 6.03. The Bertz CT molecular complexity index is 284. The molecule has 3 nitrogen and oxygen atoms in total. The standard InChI is InChI=1S/C17H34N2O/c1-3-6-13-9-10-14(12-18)16(11-13)19(2)15-7-4-5-8-17(15)20/h13-17,20H,3-12,18H2,1-2H3. The van der Waals surface area contributed by atoms with Crippen molar-refractivity contribution in [2.24, 2.45) is 17.6 Å². The average molecular weight is 282 g/mol. The first-order chi connectivity index (χ1) is 9.67. The van der Waals surface area contributed by atoms with Crippen molar-refractivity contribution in [3.8, 4) is 0 Å². The number of aliphatic hydroxyl groups is 1. The Morgan fingerprint density at radius 1 is 1.10 bits per heavy atom. The van der Waals surface area contributed by atoms with E-state index < -0.39 is 0 Å². The Balaban J connectivity index is 2.01. The van der Waals surface area contributed by atoms with Gasteiger partial charge in [0.25, 0.3) is 0 Å². The molecule has 0 saturated heterocycles. The molecule has 0 bridgehead atoms. The number of rotatable bonds is 5. The largest absolute Gasteiger partial charge is 0.391 e. The molecule has 20 heavy (non-hydrogen) atoms. The number of nitrogens with zero attached hydrogens (tertiary/aromatic N) is 1. The van der Waals surface area contributed by atoms with Crippen LogP contribution in [0.1, 0.15) is 64.7 Å². The molecular weight excluding hydrogens is 248 g/mol. The SMILES string of the molecule is CCCC1CCC(CN)C(N(C)C2CCCCC2O)C1. The van der Waals surface area contributed by atoms with Gasteiger partial charge >= 0.3 is 0 Å². The molecule has 0 aliphatic heterocycles. The topological polar surface area (TPSA) is 49.5 Å². The van der Waals surface area contributed by atoms with E-state index in [1.165, 1.54) is 44.9 Å². The third kappa shape index (κ3) is 3.75. The van der Waals surface area contributed by atoms with Crippen molar-refractivity contribution < 1.29 is 5.11 Å². The monoisotopic (exact) mass is 282 g/mol. The summed E-state index contributed by atoms with van der Waals surface area (Å²) in [5.74, 6) is 1.50. The van der Waals surface area contributed by atoms with E-state index >= 15 is 0 Å². The van der Waals surface area contributed by atoms with E-state index in [1.54, 1.807) is 0 Å². The smallest absolute Gasteiger partial charge is 0.0695 e. The molecule has 0 amide bonds. The lowest BCUT2D eigenvalue weighted by molar-refractivity contribution is -0.0164. The molecule has 2 aliphatic carbocycles. The number of hydrogen-bond acceptors (Lipinski definition) is 3. The summed E-state index contributed by atoms with van der Waals surface area (Å²) in [5, 5.41) is 10.3.